The van der Waals surface area contributed by atoms with Crippen LogP contribution in [0.3, 0.4) is 0 Å². The molecule has 1 aliphatic carbocycles. The molecule has 0 aromatic heterocycles. The molecule has 3 aliphatic rings. The average molecular weight is 502 g/mol. The number of β-amino-alcohol motifs (C(OH)–C–C–N with tert-alkyl or cyclic N) is 1. The molecule has 2 aliphatic heterocycles. The van der Waals surface area contributed by atoms with Crippen LogP contribution in [0.4, 0.5) is 0 Å². The molecule has 0 saturated carbocycles. The lowest BCUT2D eigenvalue weighted by molar-refractivity contribution is 0.171. The highest BCUT2D eigenvalue weighted by atomic mass is 16.6. The van der Waals surface area contributed by atoms with Crippen molar-refractivity contribution in [3.8, 4) is 34.1 Å². The van der Waals surface area contributed by atoms with E-state index in [-0.39, 0.29) is 6.10 Å². The topological polar surface area (TPSA) is 60.4 Å². The number of hydrogen-bond donors (Lipinski definition) is 1. The van der Waals surface area contributed by atoms with Gasteiger partial charge in [-0.25, -0.2) is 0 Å². The Kier molecular flexibility index (Phi) is 6.70. The van der Waals surface area contributed by atoms with E-state index in [2.05, 4.69) is 48.2 Å². The van der Waals surface area contributed by atoms with Crippen LogP contribution in [-0.4, -0.2) is 49.5 Å². The van der Waals surface area contributed by atoms with E-state index < -0.39 is 0 Å². The van der Waals surface area contributed by atoms with Crippen LogP contribution in [0.15, 0.2) is 42.5 Å². The number of rotatable bonds is 7. The van der Waals surface area contributed by atoms with Gasteiger partial charge in [0.15, 0.2) is 11.5 Å². The Balaban J connectivity index is 1.25. The molecular formula is C31H35NO5. The molecule has 0 radical (unpaired) electrons. The first kappa shape index (κ1) is 24.1. The second-order valence-electron chi connectivity index (χ2n) is 10.3. The summed E-state index contributed by atoms with van der Waals surface area (Å²) in [4.78, 5) is 2.33. The minimum atomic E-state index is -0.220. The van der Waals surface area contributed by atoms with Gasteiger partial charge in [-0.1, -0.05) is 24.3 Å². The van der Waals surface area contributed by atoms with Gasteiger partial charge in [0.2, 0.25) is 0 Å². The van der Waals surface area contributed by atoms with Crippen LogP contribution in [0, 0.1) is 6.92 Å². The summed E-state index contributed by atoms with van der Waals surface area (Å²) in [5, 5.41) is 9.98. The molecule has 1 fully saturated rings. The van der Waals surface area contributed by atoms with Gasteiger partial charge in [0.25, 0.3) is 0 Å². The number of aliphatic hydroxyl groups is 1. The highest BCUT2D eigenvalue weighted by Gasteiger charge is 2.27. The first-order valence-electron chi connectivity index (χ1n) is 13.3. The highest BCUT2D eigenvalue weighted by Crippen LogP contribution is 2.41. The number of nitrogens with zero attached hydrogens (tertiary/aromatic N) is 1. The van der Waals surface area contributed by atoms with E-state index in [1.165, 1.54) is 27.8 Å². The van der Waals surface area contributed by atoms with Crippen LogP contribution < -0.4 is 18.9 Å². The van der Waals surface area contributed by atoms with Gasteiger partial charge in [0.05, 0.1) is 13.2 Å². The van der Waals surface area contributed by atoms with Crippen LogP contribution in [0.1, 0.15) is 40.7 Å². The standard InChI is InChI=1S/C31H35NO5/c1-20-22(5-3-6-24(20)21-9-10-28-31(15-21)36-14-13-35-28)19-37-30-16-29(34-2)27(25-7-4-8-26(25)30)18-32-12-11-23(33)17-32/h3,5-6,9-10,15-16,23,33H,4,7-8,11-14,17-19H2,1-2H3. The van der Waals surface area contributed by atoms with Crippen molar-refractivity contribution in [2.45, 2.75) is 51.9 Å². The lowest BCUT2D eigenvalue weighted by atomic mass is 9.96. The summed E-state index contributed by atoms with van der Waals surface area (Å²) in [6, 6.07) is 14.6. The van der Waals surface area contributed by atoms with E-state index in [1.54, 1.807) is 7.11 Å². The molecule has 1 saturated heterocycles. The largest absolute Gasteiger partial charge is 0.496 e. The maximum Gasteiger partial charge on any atom is 0.161 e. The third-order valence-corrected chi connectivity index (χ3v) is 7.97. The predicted octanol–water partition coefficient (Wildman–Crippen LogP) is 5.08. The van der Waals surface area contributed by atoms with E-state index in [0.717, 1.165) is 79.4 Å². The van der Waals surface area contributed by atoms with Gasteiger partial charge >= 0.3 is 0 Å². The predicted molar refractivity (Wildman–Crippen MR) is 143 cm³/mol. The van der Waals surface area contributed by atoms with Gasteiger partial charge in [-0.3, -0.25) is 4.90 Å². The average Bonchev–Trinajstić information content (AvgIpc) is 3.58. The lowest BCUT2D eigenvalue weighted by Crippen LogP contribution is -2.22. The molecular weight excluding hydrogens is 466 g/mol. The van der Waals surface area contributed by atoms with E-state index in [1.807, 2.05) is 6.07 Å². The Labute approximate surface area is 218 Å². The molecule has 1 atom stereocenters. The Morgan fingerprint density at radius 3 is 2.65 bits per heavy atom. The first-order chi connectivity index (χ1) is 18.1. The number of ether oxygens (including phenoxy) is 4. The summed E-state index contributed by atoms with van der Waals surface area (Å²) in [6.07, 6.45) is 3.83. The Bertz CT molecular complexity index is 1300. The van der Waals surface area contributed by atoms with Crippen LogP contribution in [0.25, 0.3) is 11.1 Å². The second kappa shape index (κ2) is 10.3. The van der Waals surface area contributed by atoms with Crippen molar-refractivity contribution >= 4 is 0 Å². The van der Waals surface area contributed by atoms with Gasteiger partial charge in [0, 0.05) is 31.3 Å². The lowest BCUT2D eigenvalue weighted by Gasteiger charge is -2.22. The number of likely N-dealkylation sites (tertiary alicyclic amines) is 1. The zero-order valence-corrected chi connectivity index (χ0v) is 21.7. The van der Waals surface area contributed by atoms with Crippen molar-refractivity contribution in [1.82, 2.24) is 4.90 Å². The van der Waals surface area contributed by atoms with Crippen LogP contribution in [0.5, 0.6) is 23.0 Å². The molecule has 6 nitrogen and oxygen atoms in total. The fourth-order valence-corrected chi connectivity index (χ4v) is 5.97. The summed E-state index contributed by atoms with van der Waals surface area (Å²) in [6.45, 7) is 6.30. The maximum absolute atomic E-state index is 9.98. The summed E-state index contributed by atoms with van der Waals surface area (Å²) < 4.78 is 23.9. The Morgan fingerprint density at radius 1 is 1.00 bits per heavy atom. The number of aliphatic hydroxyl groups excluding tert-OH is 1. The maximum atomic E-state index is 9.98. The van der Waals surface area contributed by atoms with Crippen molar-refractivity contribution in [1.29, 1.82) is 0 Å². The minimum absolute atomic E-state index is 0.220. The third-order valence-electron chi connectivity index (χ3n) is 7.97. The molecule has 6 rings (SSSR count). The van der Waals surface area contributed by atoms with Gasteiger partial charge in [0.1, 0.15) is 31.3 Å². The molecule has 6 heteroatoms. The van der Waals surface area contributed by atoms with Gasteiger partial charge in [-0.2, -0.15) is 0 Å². The quantitative estimate of drug-likeness (QED) is 0.488. The molecule has 2 heterocycles. The Hall–Kier alpha value is -3.22. The van der Waals surface area contributed by atoms with Crippen molar-refractivity contribution in [2.75, 3.05) is 33.4 Å². The van der Waals surface area contributed by atoms with Crippen molar-refractivity contribution < 1.29 is 24.1 Å². The van der Waals surface area contributed by atoms with E-state index >= 15 is 0 Å². The molecule has 0 bridgehead atoms. The van der Waals surface area contributed by atoms with E-state index in [4.69, 9.17) is 18.9 Å². The zero-order valence-electron chi connectivity index (χ0n) is 21.7. The van der Waals surface area contributed by atoms with Crippen molar-refractivity contribution in [3.05, 3.63) is 70.3 Å². The molecule has 1 unspecified atom stereocenters. The summed E-state index contributed by atoms with van der Waals surface area (Å²) >= 11 is 0. The molecule has 194 valence electrons. The summed E-state index contributed by atoms with van der Waals surface area (Å²) in [5.74, 6) is 3.42. The summed E-state index contributed by atoms with van der Waals surface area (Å²) in [7, 11) is 1.74. The second-order valence-corrected chi connectivity index (χ2v) is 10.3. The zero-order chi connectivity index (χ0) is 25.4. The van der Waals surface area contributed by atoms with Crippen molar-refractivity contribution in [2.24, 2.45) is 0 Å². The van der Waals surface area contributed by atoms with E-state index in [9.17, 15) is 5.11 Å². The number of fused-ring (bicyclic) bond motifs is 2. The smallest absolute Gasteiger partial charge is 0.161 e. The molecule has 37 heavy (non-hydrogen) atoms. The molecule has 3 aromatic rings. The molecule has 3 aromatic carbocycles. The first-order valence-corrected chi connectivity index (χ1v) is 13.3. The molecule has 0 spiro atoms. The molecule has 0 amide bonds. The monoisotopic (exact) mass is 501 g/mol. The van der Waals surface area contributed by atoms with Crippen LogP contribution in [0.2, 0.25) is 0 Å². The fourth-order valence-electron chi connectivity index (χ4n) is 5.97. The SMILES string of the molecule is COc1cc(OCc2cccc(-c3ccc4c(c3)OCCO4)c2C)c2c(c1CN1CCC(O)C1)CCC2. The van der Waals surface area contributed by atoms with Gasteiger partial charge in [-0.15, -0.1) is 0 Å². The highest BCUT2D eigenvalue weighted by molar-refractivity contribution is 5.71. The normalized spacial score (nSPS) is 18.6. The Morgan fingerprint density at radius 2 is 1.84 bits per heavy atom. The van der Waals surface area contributed by atoms with Gasteiger partial charge < -0.3 is 24.1 Å². The number of hydrogen-bond acceptors (Lipinski definition) is 6. The fraction of sp³-hybridized carbons (Fsp3) is 0.419. The van der Waals surface area contributed by atoms with Gasteiger partial charge in [-0.05, 0) is 78.1 Å². The molecule has 1 N–H and O–H groups in total. The number of benzene rings is 3. The summed E-state index contributed by atoms with van der Waals surface area (Å²) in [5.41, 5.74) is 8.59. The van der Waals surface area contributed by atoms with E-state index in [0.29, 0.717) is 19.8 Å². The minimum Gasteiger partial charge on any atom is -0.496 e. The van der Waals surface area contributed by atoms with Crippen LogP contribution in [-0.2, 0) is 26.0 Å². The number of methoxy groups -OCH3 is 1. The van der Waals surface area contributed by atoms with Crippen LogP contribution >= 0.6 is 0 Å². The van der Waals surface area contributed by atoms with Crippen molar-refractivity contribution in [3.63, 3.8) is 0 Å². The third kappa shape index (κ3) is 4.76.